The maximum Gasteiger partial charge on any atom is 0.0546 e. The van der Waals surface area contributed by atoms with Gasteiger partial charge in [0.2, 0.25) is 0 Å². The molecule has 0 fully saturated rings. The van der Waals surface area contributed by atoms with Gasteiger partial charge in [-0.05, 0) is 77.9 Å². The number of para-hydroxylation sites is 2. The maximum atomic E-state index is 2.47. The molecule has 58 heavy (non-hydrogen) atoms. The van der Waals surface area contributed by atoms with Crippen molar-refractivity contribution >= 4 is 102 Å². The fourth-order valence-corrected chi connectivity index (χ4v) is 11.4. The van der Waals surface area contributed by atoms with E-state index in [1.54, 1.807) is 0 Å². The Morgan fingerprint density at radius 2 is 0.914 bits per heavy atom. The second-order valence-corrected chi connectivity index (χ2v) is 17.0. The lowest BCUT2D eigenvalue weighted by molar-refractivity contribution is 1.17. The smallest absolute Gasteiger partial charge is 0.0546 e. The van der Waals surface area contributed by atoms with Crippen molar-refractivity contribution in [3.05, 3.63) is 206 Å². The van der Waals surface area contributed by atoms with Gasteiger partial charge in [-0.2, -0.15) is 0 Å². The number of benzene rings is 9. The number of hydrogen-bond donors (Lipinski definition) is 0. The number of anilines is 3. The Morgan fingerprint density at radius 1 is 0.362 bits per heavy atom. The largest absolute Gasteiger partial charge is 0.310 e. The van der Waals surface area contributed by atoms with Crippen LogP contribution in [0.1, 0.15) is 0 Å². The molecule has 0 atom stereocenters. The zero-order valence-electron chi connectivity index (χ0n) is 31.3. The second kappa shape index (κ2) is 13.3. The molecule has 0 amide bonds. The van der Waals surface area contributed by atoms with E-state index in [0.717, 1.165) is 22.7 Å². The summed E-state index contributed by atoms with van der Waals surface area (Å²) < 4.78 is 7.60. The van der Waals surface area contributed by atoms with Crippen LogP contribution in [0.2, 0.25) is 0 Å². The van der Waals surface area contributed by atoms with Crippen LogP contribution in [-0.4, -0.2) is 4.57 Å². The van der Waals surface area contributed by atoms with Crippen molar-refractivity contribution in [3.63, 3.8) is 0 Å². The zero-order valence-corrected chi connectivity index (χ0v) is 33.0. The molecule has 0 radical (unpaired) electrons. The molecule has 9 aromatic carbocycles. The van der Waals surface area contributed by atoms with Crippen molar-refractivity contribution < 1.29 is 0 Å². The van der Waals surface area contributed by atoms with E-state index in [4.69, 9.17) is 0 Å². The van der Waals surface area contributed by atoms with Crippen LogP contribution < -0.4 is 4.90 Å². The lowest BCUT2D eigenvalue weighted by atomic mass is 9.91. The van der Waals surface area contributed by atoms with Crippen LogP contribution in [0.25, 0.3) is 90.1 Å². The van der Waals surface area contributed by atoms with Gasteiger partial charge in [-0.25, -0.2) is 0 Å². The molecule has 3 heterocycles. The maximum absolute atomic E-state index is 2.47. The van der Waals surface area contributed by atoms with Crippen molar-refractivity contribution in [2.45, 2.75) is 0 Å². The van der Waals surface area contributed by atoms with Gasteiger partial charge < -0.3 is 9.47 Å². The van der Waals surface area contributed by atoms with Crippen LogP contribution in [0.4, 0.5) is 17.1 Å². The molecule has 0 bridgehead atoms. The first-order valence-electron chi connectivity index (χ1n) is 19.7. The van der Waals surface area contributed by atoms with Crippen molar-refractivity contribution in [2.24, 2.45) is 0 Å². The van der Waals surface area contributed by atoms with E-state index in [0.29, 0.717) is 0 Å². The molecule has 12 rings (SSSR count). The third kappa shape index (κ3) is 5.16. The molecule has 3 aromatic heterocycles. The van der Waals surface area contributed by atoms with E-state index in [9.17, 15) is 0 Å². The molecule has 272 valence electrons. The average molecular weight is 775 g/mol. The lowest BCUT2D eigenvalue weighted by Crippen LogP contribution is -2.12. The summed E-state index contributed by atoms with van der Waals surface area (Å²) in [4.78, 5) is 2.47. The number of hydrogen-bond acceptors (Lipinski definition) is 3. The minimum atomic E-state index is 1.10. The third-order valence-corrected chi connectivity index (χ3v) is 14.0. The summed E-state index contributed by atoms with van der Waals surface area (Å²) in [6, 6.07) is 75.7. The first kappa shape index (κ1) is 33.2. The zero-order chi connectivity index (χ0) is 38.2. The number of rotatable bonds is 6. The Balaban J connectivity index is 1.11. The summed E-state index contributed by atoms with van der Waals surface area (Å²) in [6.45, 7) is 0. The standard InChI is InChI=1S/C54H34N2S2/c1-2-14-35(15-3-1)53-44(46-22-12-21-45-42-19-7-11-27-51(42)58-54(45)46)20-13-25-49(53)55(38-32-33-43-41-18-6-10-26-50(41)57-52(43)34-38)36-28-30-37(31-29-36)56-47-23-8-4-16-39(47)40-17-5-9-24-48(40)56/h1-34H. The van der Waals surface area contributed by atoms with Crippen LogP contribution in [0.5, 0.6) is 0 Å². The fourth-order valence-electron chi connectivity index (χ4n) is 9.05. The van der Waals surface area contributed by atoms with Crippen LogP contribution in [-0.2, 0) is 0 Å². The SMILES string of the molecule is c1ccc(-c2c(-c3cccc4c3sc3ccccc34)cccc2N(c2ccc(-n3c4ccccc4c4ccccc43)cc2)c2ccc3c(c2)sc2ccccc23)cc1. The fraction of sp³-hybridized carbons (Fsp3) is 0. The van der Waals surface area contributed by atoms with E-state index in [1.165, 1.54) is 84.4 Å². The van der Waals surface area contributed by atoms with Gasteiger partial charge in [0.25, 0.3) is 0 Å². The van der Waals surface area contributed by atoms with Crippen molar-refractivity contribution in [1.82, 2.24) is 4.57 Å². The van der Waals surface area contributed by atoms with Gasteiger partial charge in [-0.3, -0.25) is 0 Å². The Hall–Kier alpha value is -6.98. The normalized spacial score (nSPS) is 11.8. The van der Waals surface area contributed by atoms with Crippen LogP contribution in [0, 0.1) is 0 Å². The van der Waals surface area contributed by atoms with Crippen molar-refractivity contribution in [2.75, 3.05) is 4.90 Å². The first-order chi connectivity index (χ1) is 28.8. The van der Waals surface area contributed by atoms with E-state index in [1.807, 2.05) is 22.7 Å². The monoisotopic (exact) mass is 774 g/mol. The highest BCUT2D eigenvalue weighted by Gasteiger charge is 2.23. The Bertz CT molecular complexity index is 3460. The molecule has 12 aromatic rings. The minimum Gasteiger partial charge on any atom is -0.310 e. The second-order valence-electron chi connectivity index (χ2n) is 14.8. The molecule has 4 heteroatoms. The van der Waals surface area contributed by atoms with Gasteiger partial charge in [-0.1, -0.05) is 140 Å². The quantitative estimate of drug-likeness (QED) is 0.163. The van der Waals surface area contributed by atoms with Crippen LogP contribution in [0.15, 0.2) is 206 Å². The van der Waals surface area contributed by atoms with Gasteiger partial charge >= 0.3 is 0 Å². The molecule has 0 saturated carbocycles. The van der Waals surface area contributed by atoms with Crippen molar-refractivity contribution in [1.29, 1.82) is 0 Å². The highest BCUT2D eigenvalue weighted by molar-refractivity contribution is 7.26. The number of nitrogens with zero attached hydrogens (tertiary/aromatic N) is 2. The van der Waals surface area contributed by atoms with E-state index >= 15 is 0 Å². The number of aromatic nitrogens is 1. The molecular formula is C54H34N2S2. The summed E-state index contributed by atoms with van der Waals surface area (Å²) in [7, 11) is 0. The van der Waals surface area contributed by atoms with Gasteiger partial charge in [-0.15, -0.1) is 22.7 Å². The number of thiophene rings is 2. The minimum absolute atomic E-state index is 1.10. The molecule has 0 spiro atoms. The molecule has 0 aliphatic rings. The molecular weight excluding hydrogens is 741 g/mol. The highest BCUT2D eigenvalue weighted by atomic mass is 32.1. The summed E-state index contributed by atoms with van der Waals surface area (Å²) >= 11 is 3.75. The van der Waals surface area contributed by atoms with E-state index in [2.05, 4.69) is 216 Å². The molecule has 0 saturated heterocycles. The molecule has 0 N–H and O–H groups in total. The van der Waals surface area contributed by atoms with Crippen LogP contribution in [0.3, 0.4) is 0 Å². The summed E-state index contributed by atoms with van der Waals surface area (Å²) in [5.41, 5.74) is 11.8. The summed E-state index contributed by atoms with van der Waals surface area (Å²) in [6.07, 6.45) is 0. The predicted molar refractivity (Wildman–Crippen MR) is 252 cm³/mol. The Labute approximate surface area is 343 Å². The molecule has 0 unspecified atom stereocenters. The Kier molecular flexibility index (Phi) is 7.62. The Morgan fingerprint density at radius 3 is 1.66 bits per heavy atom. The first-order valence-corrected chi connectivity index (χ1v) is 21.3. The molecule has 0 aliphatic heterocycles. The summed E-state index contributed by atoms with van der Waals surface area (Å²) in [5, 5.41) is 7.73. The van der Waals surface area contributed by atoms with Gasteiger partial charge in [0.15, 0.2) is 0 Å². The van der Waals surface area contributed by atoms with E-state index in [-0.39, 0.29) is 0 Å². The predicted octanol–water partition coefficient (Wildman–Crippen LogP) is 16.3. The van der Waals surface area contributed by atoms with Gasteiger partial charge in [0.05, 0.1) is 16.7 Å². The topological polar surface area (TPSA) is 8.17 Å². The lowest BCUT2D eigenvalue weighted by Gasteiger charge is -2.29. The van der Waals surface area contributed by atoms with Crippen LogP contribution >= 0.6 is 22.7 Å². The molecule has 2 nitrogen and oxygen atoms in total. The average Bonchev–Trinajstić information content (AvgIpc) is 3.97. The highest BCUT2D eigenvalue weighted by Crippen LogP contribution is 2.49. The summed E-state index contributed by atoms with van der Waals surface area (Å²) in [5.74, 6) is 0. The molecule has 0 aliphatic carbocycles. The number of fused-ring (bicyclic) bond motifs is 9. The van der Waals surface area contributed by atoms with E-state index < -0.39 is 0 Å². The third-order valence-electron chi connectivity index (χ3n) is 11.6. The van der Waals surface area contributed by atoms with Gasteiger partial charge in [0.1, 0.15) is 0 Å². The van der Waals surface area contributed by atoms with Gasteiger partial charge in [0, 0.05) is 79.3 Å². The van der Waals surface area contributed by atoms with Crippen molar-refractivity contribution in [3.8, 4) is 27.9 Å².